The predicted molar refractivity (Wildman–Crippen MR) is 45.5 cm³/mol. The molecule has 0 bridgehead atoms. The van der Waals surface area contributed by atoms with Crippen molar-refractivity contribution in [3.05, 3.63) is 0 Å². The van der Waals surface area contributed by atoms with Crippen LogP contribution in [0.3, 0.4) is 0 Å². The highest BCUT2D eigenvalue weighted by Crippen LogP contribution is 1.90. The molecule has 0 fully saturated rings. The molecule has 0 heterocycles. The summed E-state index contributed by atoms with van der Waals surface area (Å²) in [6.07, 6.45) is -0.612. The molecule has 0 aromatic carbocycles. The summed E-state index contributed by atoms with van der Waals surface area (Å²) >= 11 is 0. The fourth-order valence-corrected chi connectivity index (χ4v) is 0.356. The van der Waals surface area contributed by atoms with E-state index in [1.807, 2.05) is 0 Å². The van der Waals surface area contributed by atoms with Gasteiger partial charge in [-0.15, -0.1) is 0 Å². The van der Waals surface area contributed by atoms with Crippen molar-refractivity contribution in [1.82, 2.24) is 0 Å². The second kappa shape index (κ2) is 10.4. The maximum atomic E-state index is 8.69. The zero-order chi connectivity index (χ0) is 9.98. The number of aliphatic hydroxyl groups excluding tert-OH is 2. The van der Waals surface area contributed by atoms with Gasteiger partial charge in [-0.25, -0.2) is 0 Å². The van der Waals surface area contributed by atoms with E-state index in [0.717, 1.165) is 0 Å². The van der Waals surface area contributed by atoms with E-state index in [9.17, 15) is 0 Å². The van der Waals surface area contributed by atoms with Gasteiger partial charge in [0.15, 0.2) is 0 Å². The summed E-state index contributed by atoms with van der Waals surface area (Å²) in [6.45, 7) is 5.13. The smallest absolute Gasteiger partial charge is 0.0779 e. The Kier molecular flexibility index (Phi) is 12.0. The lowest BCUT2D eigenvalue weighted by molar-refractivity contribution is -0.0177. The quantitative estimate of drug-likeness (QED) is 0.644. The van der Waals surface area contributed by atoms with Crippen LogP contribution in [0.4, 0.5) is 0 Å². The molecule has 2 N–H and O–H groups in total. The van der Waals surface area contributed by atoms with Gasteiger partial charge in [0.25, 0.3) is 0 Å². The molecule has 0 spiro atoms. The molecule has 0 aromatic rings. The summed E-state index contributed by atoms with van der Waals surface area (Å²) in [4.78, 5) is 0. The van der Waals surface area contributed by atoms with Gasteiger partial charge >= 0.3 is 0 Å². The van der Waals surface area contributed by atoms with Crippen molar-refractivity contribution in [2.24, 2.45) is 0 Å². The van der Waals surface area contributed by atoms with Crippen molar-refractivity contribution >= 4 is 0 Å². The van der Waals surface area contributed by atoms with Crippen LogP contribution in [-0.4, -0.2) is 35.6 Å². The largest absolute Gasteiger partial charge is 0.394 e. The standard InChI is InChI=1S/C6H14O3.C2H3N/c1-5(8)4-9-6(2)3-7;1-2-3/h5-8H,3-4H2,1-2H3;1H3. The minimum atomic E-state index is -0.445. The van der Waals surface area contributed by atoms with Gasteiger partial charge < -0.3 is 14.9 Å². The highest BCUT2D eigenvalue weighted by molar-refractivity contribution is 4.51. The molecule has 0 aliphatic rings. The van der Waals surface area contributed by atoms with Crippen LogP contribution in [0.25, 0.3) is 0 Å². The lowest BCUT2D eigenvalue weighted by Gasteiger charge is -2.10. The average Bonchev–Trinajstić information content (AvgIpc) is 2.01. The van der Waals surface area contributed by atoms with Gasteiger partial charge in [-0.05, 0) is 13.8 Å². The third kappa shape index (κ3) is 16.2. The SMILES string of the molecule is CC#N.CC(O)COC(C)CO. The normalized spacial score (nSPS) is 13.7. The molecule has 0 amide bonds. The molecule has 0 rings (SSSR count). The van der Waals surface area contributed by atoms with Crippen molar-refractivity contribution in [2.45, 2.75) is 33.0 Å². The van der Waals surface area contributed by atoms with Gasteiger partial charge in [0.2, 0.25) is 0 Å². The van der Waals surface area contributed by atoms with Crippen LogP contribution in [0.2, 0.25) is 0 Å². The average molecular weight is 175 g/mol. The number of aliphatic hydroxyl groups is 2. The lowest BCUT2D eigenvalue weighted by atomic mass is 10.4. The molecule has 2 atom stereocenters. The molecule has 0 aliphatic heterocycles. The molecular weight excluding hydrogens is 158 g/mol. The Morgan fingerprint density at radius 1 is 1.50 bits per heavy atom. The van der Waals surface area contributed by atoms with Crippen molar-refractivity contribution in [2.75, 3.05) is 13.2 Å². The number of ether oxygens (including phenoxy) is 1. The Labute approximate surface area is 73.4 Å². The molecule has 4 heteroatoms. The molecule has 0 aromatic heterocycles. The summed E-state index contributed by atoms with van der Waals surface area (Å²) in [5.41, 5.74) is 0. The maximum Gasteiger partial charge on any atom is 0.0779 e. The predicted octanol–water partition coefficient (Wildman–Crippen LogP) is 0.294. The third-order valence-electron chi connectivity index (χ3n) is 0.879. The molecule has 0 saturated heterocycles. The highest BCUT2D eigenvalue weighted by atomic mass is 16.5. The van der Waals surface area contributed by atoms with Crippen LogP contribution in [0.1, 0.15) is 20.8 Å². The first-order chi connectivity index (χ1) is 5.58. The van der Waals surface area contributed by atoms with Crippen molar-refractivity contribution in [3.63, 3.8) is 0 Å². The highest BCUT2D eigenvalue weighted by Gasteiger charge is 2.00. The zero-order valence-electron chi connectivity index (χ0n) is 7.82. The Bertz CT molecular complexity index is 120. The molecule has 12 heavy (non-hydrogen) atoms. The van der Waals surface area contributed by atoms with Gasteiger partial charge in [-0.1, -0.05) is 0 Å². The summed E-state index contributed by atoms with van der Waals surface area (Å²) < 4.78 is 4.95. The van der Waals surface area contributed by atoms with E-state index in [-0.39, 0.29) is 12.7 Å². The molecule has 0 radical (unpaired) electrons. The number of hydrogen-bond acceptors (Lipinski definition) is 4. The first-order valence-corrected chi connectivity index (χ1v) is 3.79. The first kappa shape index (κ1) is 13.9. The van der Waals surface area contributed by atoms with Crippen LogP contribution in [-0.2, 0) is 4.74 Å². The summed E-state index contributed by atoms with van der Waals surface area (Å²) in [5, 5.41) is 24.5. The van der Waals surface area contributed by atoms with E-state index in [1.54, 1.807) is 19.9 Å². The summed E-state index contributed by atoms with van der Waals surface area (Å²) in [6, 6.07) is 1.75. The first-order valence-electron chi connectivity index (χ1n) is 3.79. The van der Waals surface area contributed by atoms with Crippen molar-refractivity contribution in [1.29, 1.82) is 5.26 Å². The Morgan fingerprint density at radius 3 is 2.17 bits per heavy atom. The topological polar surface area (TPSA) is 73.5 Å². The van der Waals surface area contributed by atoms with Crippen LogP contribution < -0.4 is 0 Å². The number of hydrogen-bond donors (Lipinski definition) is 2. The zero-order valence-corrected chi connectivity index (χ0v) is 7.82. The second-order valence-corrected chi connectivity index (χ2v) is 2.40. The second-order valence-electron chi connectivity index (χ2n) is 2.40. The summed E-state index contributed by atoms with van der Waals surface area (Å²) in [7, 11) is 0. The number of nitrogens with zero attached hydrogens (tertiary/aromatic N) is 1. The van der Waals surface area contributed by atoms with Crippen LogP contribution in [0.5, 0.6) is 0 Å². The van der Waals surface area contributed by atoms with E-state index < -0.39 is 6.10 Å². The van der Waals surface area contributed by atoms with E-state index in [1.165, 1.54) is 6.92 Å². The molecule has 0 saturated carbocycles. The molecule has 4 nitrogen and oxygen atoms in total. The van der Waals surface area contributed by atoms with Crippen LogP contribution in [0, 0.1) is 11.3 Å². The van der Waals surface area contributed by atoms with Gasteiger partial charge in [-0.2, -0.15) is 5.26 Å². The fraction of sp³-hybridized carbons (Fsp3) is 0.875. The molecule has 72 valence electrons. The molecule has 2 unspecified atom stereocenters. The molecular formula is C8H17NO3. The molecule has 0 aliphatic carbocycles. The van der Waals surface area contributed by atoms with Crippen LogP contribution >= 0.6 is 0 Å². The van der Waals surface area contributed by atoms with Gasteiger partial charge in [0, 0.05) is 6.92 Å². The Hall–Kier alpha value is -0.630. The maximum absolute atomic E-state index is 8.69. The van der Waals surface area contributed by atoms with E-state index in [4.69, 9.17) is 20.2 Å². The minimum Gasteiger partial charge on any atom is -0.394 e. The van der Waals surface area contributed by atoms with Crippen LogP contribution in [0.15, 0.2) is 0 Å². The van der Waals surface area contributed by atoms with Gasteiger partial charge in [-0.3, -0.25) is 0 Å². The Balaban J connectivity index is 0. The fourth-order valence-electron chi connectivity index (χ4n) is 0.356. The Morgan fingerprint density at radius 2 is 1.92 bits per heavy atom. The summed E-state index contributed by atoms with van der Waals surface area (Å²) in [5.74, 6) is 0. The van der Waals surface area contributed by atoms with E-state index >= 15 is 0 Å². The van der Waals surface area contributed by atoms with Crippen molar-refractivity contribution < 1.29 is 14.9 Å². The van der Waals surface area contributed by atoms with E-state index in [2.05, 4.69) is 0 Å². The minimum absolute atomic E-state index is 0.00667. The lowest BCUT2D eigenvalue weighted by Crippen LogP contribution is -2.19. The number of rotatable bonds is 4. The third-order valence-corrected chi connectivity index (χ3v) is 0.879. The van der Waals surface area contributed by atoms with E-state index in [0.29, 0.717) is 6.61 Å². The van der Waals surface area contributed by atoms with Gasteiger partial charge in [0.05, 0.1) is 31.5 Å². The monoisotopic (exact) mass is 175 g/mol. The number of nitriles is 1. The van der Waals surface area contributed by atoms with Gasteiger partial charge in [0.1, 0.15) is 0 Å². The van der Waals surface area contributed by atoms with Crippen molar-refractivity contribution in [3.8, 4) is 6.07 Å².